The van der Waals surface area contributed by atoms with Gasteiger partial charge in [-0.15, -0.1) is 0 Å². The van der Waals surface area contributed by atoms with Crippen molar-refractivity contribution >= 4 is 35.0 Å². The molecule has 3 rings (SSSR count). The van der Waals surface area contributed by atoms with E-state index >= 15 is 0 Å². The van der Waals surface area contributed by atoms with E-state index in [-0.39, 0.29) is 5.92 Å². The molecule has 0 saturated carbocycles. The molecule has 0 aliphatic carbocycles. The van der Waals surface area contributed by atoms with E-state index in [9.17, 15) is 0 Å². The van der Waals surface area contributed by atoms with E-state index in [4.69, 9.17) is 27.9 Å². The van der Waals surface area contributed by atoms with Crippen LogP contribution in [-0.4, -0.2) is 9.97 Å². The van der Waals surface area contributed by atoms with Gasteiger partial charge in [0, 0.05) is 21.9 Å². The number of thioether (sulfide) groups is 1. The molecule has 0 bridgehead atoms. The van der Waals surface area contributed by atoms with Gasteiger partial charge in [-0.25, -0.2) is 4.98 Å². The number of ether oxygens (including phenoxy) is 1. The van der Waals surface area contributed by atoms with Crippen LogP contribution in [-0.2, 0) is 5.75 Å². The lowest BCUT2D eigenvalue weighted by Gasteiger charge is -2.11. The van der Waals surface area contributed by atoms with Crippen LogP contribution in [0.2, 0.25) is 10.0 Å². The zero-order valence-electron chi connectivity index (χ0n) is 14.4. The number of benzene rings is 2. The van der Waals surface area contributed by atoms with Crippen LogP contribution in [0.15, 0.2) is 59.8 Å². The molecule has 0 radical (unpaired) electrons. The van der Waals surface area contributed by atoms with Gasteiger partial charge in [0.05, 0.1) is 5.69 Å². The van der Waals surface area contributed by atoms with Crippen molar-refractivity contribution in [1.29, 1.82) is 0 Å². The van der Waals surface area contributed by atoms with E-state index in [0.29, 0.717) is 21.8 Å². The van der Waals surface area contributed by atoms with Gasteiger partial charge in [0.2, 0.25) is 5.88 Å². The minimum absolute atomic E-state index is 0.269. The Morgan fingerprint density at radius 1 is 0.962 bits per heavy atom. The Morgan fingerprint density at radius 2 is 1.69 bits per heavy atom. The molecule has 0 N–H and O–H groups in total. The third-order valence-electron chi connectivity index (χ3n) is 3.57. The molecule has 0 saturated heterocycles. The molecule has 0 aliphatic heterocycles. The first-order valence-corrected chi connectivity index (χ1v) is 9.93. The molecule has 3 aromatic rings. The summed E-state index contributed by atoms with van der Waals surface area (Å²) in [4.78, 5) is 9.17. The summed E-state index contributed by atoms with van der Waals surface area (Å²) in [6.07, 6.45) is 0. The first kappa shape index (κ1) is 19.0. The van der Waals surface area contributed by atoms with Gasteiger partial charge in [0.15, 0.2) is 5.16 Å². The van der Waals surface area contributed by atoms with Crippen LogP contribution >= 0.6 is 35.0 Å². The number of aromatic nitrogens is 2. The van der Waals surface area contributed by atoms with Gasteiger partial charge in [-0.2, -0.15) is 4.98 Å². The van der Waals surface area contributed by atoms with Gasteiger partial charge in [-0.3, -0.25) is 0 Å². The van der Waals surface area contributed by atoms with Crippen molar-refractivity contribution in [3.63, 3.8) is 0 Å². The highest BCUT2D eigenvalue weighted by Crippen LogP contribution is 2.29. The lowest BCUT2D eigenvalue weighted by Crippen LogP contribution is -1.99. The van der Waals surface area contributed by atoms with Crippen molar-refractivity contribution in [2.75, 3.05) is 0 Å². The quantitative estimate of drug-likeness (QED) is 0.327. The van der Waals surface area contributed by atoms with E-state index in [0.717, 1.165) is 22.0 Å². The Bertz CT molecular complexity index is 902. The van der Waals surface area contributed by atoms with E-state index in [1.165, 1.54) is 0 Å². The molecule has 6 heteroatoms. The van der Waals surface area contributed by atoms with Gasteiger partial charge in [-0.05, 0) is 41.8 Å². The SMILES string of the molecule is CC(C)c1cc(Oc2cccc(Cl)c2)nc(SCc2cccc(Cl)c2)n1. The summed E-state index contributed by atoms with van der Waals surface area (Å²) in [6, 6.07) is 16.9. The average Bonchev–Trinajstić information content (AvgIpc) is 2.60. The highest BCUT2D eigenvalue weighted by Gasteiger charge is 2.11. The fourth-order valence-corrected chi connectivity index (χ4v) is 3.45. The Hall–Kier alpha value is -1.75. The number of halogens is 2. The first-order chi connectivity index (χ1) is 12.5. The second kappa shape index (κ2) is 8.76. The fraction of sp³-hybridized carbons (Fsp3) is 0.200. The minimum Gasteiger partial charge on any atom is -0.439 e. The third kappa shape index (κ3) is 5.37. The van der Waals surface area contributed by atoms with Crippen LogP contribution in [0, 0.1) is 0 Å². The van der Waals surface area contributed by atoms with Gasteiger partial charge >= 0.3 is 0 Å². The predicted molar refractivity (Wildman–Crippen MR) is 109 cm³/mol. The van der Waals surface area contributed by atoms with Crippen molar-refractivity contribution in [1.82, 2.24) is 9.97 Å². The normalized spacial score (nSPS) is 11.0. The van der Waals surface area contributed by atoms with E-state index in [1.807, 2.05) is 42.5 Å². The topological polar surface area (TPSA) is 35.0 Å². The molecule has 26 heavy (non-hydrogen) atoms. The lowest BCUT2D eigenvalue weighted by molar-refractivity contribution is 0.453. The summed E-state index contributed by atoms with van der Waals surface area (Å²) >= 11 is 13.6. The van der Waals surface area contributed by atoms with E-state index in [2.05, 4.69) is 23.8 Å². The Balaban J connectivity index is 1.81. The van der Waals surface area contributed by atoms with Gasteiger partial charge in [0.25, 0.3) is 0 Å². The maximum atomic E-state index is 6.05. The monoisotopic (exact) mass is 404 g/mol. The largest absolute Gasteiger partial charge is 0.439 e. The van der Waals surface area contributed by atoms with E-state index in [1.54, 1.807) is 23.9 Å². The maximum Gasteiger partial charge on any atom is 0.223 e. The van der Waals surface area contributed by atoms with E-state index < -0.39 is 0 Å². The standard InChI is InChI=1S/C20H18Cl2N2OS/c1-13(2)18-11-19(25-17-8-4-7-16(22)10-17)24-20(23-18)26-12-14-5-3-6-15(21)9-14/h3-11,13H,12H2,1-2H3. The average molecular weight is 405 g/mol. The Morgan fingerprint density at radius 3 is 2.38 bits per heavy atom. The van der Waals surface area contributed by atoms with Crippen molar-refractivity contribution in [2.45, 2.75) is 30.7 Å². The number of rotatable bonds is 6. The predicted octanol–water partition coefficient (Wildman–Crippen LogP) is 6.99. The smallest absolute Gasteiger partial charge is 0.223 e. The van der Waals surface area contributed by atoms with Crippen molar-refractivity contribution in [3.8, 4) is 11.6 Å². The van der Waals surface area contributed by atoms with Crippen molar-refractivity contribution in [3.05, 3.63) is 75.9 Å². The van der Waals surface area contributed by atoms with Crippen LogP contribution in [0.3, 0.4) is 0 Å². The van der Waals surface area contributed by atoms with Crippen LogP contribution in [0.25, 0.3) is 0 Å². The first-order valence-electron chi connectivity index (χ1n) is 8.19. The molecule has 0 aliphatic rings. The summed E-state index contributed by atoms with van der Waals surface area (Å²) in [5, 5.41) is 2.02. The lowest BCUT2D eigenvalue weighted by atomic mass is 10.1. The third-order valence-corrected chi connectivity index (χ3v) is 4.96. The molecule has 2 aromatic carbocycles. The molecule has 3 nitrogen and oxygen atoms in total. The second-order valence-corrected chi connectivity index (χ2v) is 7.86. The fourth-order valence-electron chi connectivity index (χ4n) is 2.26. The van der Waals surface area contributed by atoms with Gasteiger partial charge < -0.3 is 4.74 Å². The number of hydrogen-bond donors (Lipinski definition) is 0. The Labute approximate surface area is 167 Å². The maximum absolute atomic E-state index is 6.05. The summed E-state index contributed by atoms with van der Waals surface area (Å²) in [6.45, 7) is 4.19. The van der Waals surface area contributed by atoms with Gasteiger partial charge in [-0.1, -0.05) is 67.0 Å². The summed E-state index contributed by atoms with van der Waals surface area (Å²) in [5.41, 5.74) is 2.06. The highest BCUT2D eigenvalue weighted by atomic mass is 35.5. The summed E-state index contributed by atoms with van der Waals surface area (Å²) < 4.78 is 5.89. The van der Waals surface area contributed by atoms with Crippen LogP contribution < -0.4 is 4.74 Å². The molecule has 0 fully saturated rings. The molecule has 0 amide bonds. The molecular formula is C20H18Cl2N2OS. The second-order valence-electron chi connectivity index (χ2n) is 6.05. The zero-order chi connectivity index (χ0) is 18.5. The molecule has 0 spiro atoms. The van der Waals surface area contributed by atoms with Gasteiger partial charge in [0.1, 0.15) is 5.75 Å². The van der Waals surface area contributed by atoms with Crippen LogP contribution in [0.4, 0.5) is 0 Å². The highest BCUT2D eigenvalue weighted by molar-refractivity contribution is 7.98. The summed E-state index contributed by atoms with van der Waals surface area (Å²) in [5.74, 6) is 2.17. The molecule has 0 unspecified atom stereocenters. The minimum atomic E-state index is 0.269. The van der Waals surface area contributed by atoms with Crippen molar-refractivity contribution in [2.24, 2.45) is 0 Å². The van der Waals surface area contributed by atoms with Crippen LogP contribution in [0.1, 0.15) is 31.0 Å². The molecule has 1 aromatic heterocycles. The van der Waals surface area contributed by atoms with Crippen LogP contribution in [0.5, 0.6) is 11.6 Å². The summed E-state index contributed by atoms with van der Waals surface area (Å²) in [7, 11) is 0. The molecule has 0 atom stereocenters. The number of nitrogens with zero attached hydrogens (tertiary/aromatic N) is 2. The zero-order valence-corrected chi connectivity index (χ0v) is 16.8. The van der Waals surface area contributed by atoms with Crippen molar-refractivity contribution < 1.29 is 4.74 Å². The molecule has 1 heterocycles. The Kier molecular flexibility index (Phi) is 6.41. The molecule has 134 valence electrons. The number of hydrogen-bond acceptors (Lipinski definition) is 4. The molecular weight excluding hydrogens is 387 g/mol.